The number of hydrogen-bond acceptors (Lipinski definition) is 5. The minimum absolute atomic E-state index is 0. The van der Waals surface area contributed by atoms with Gasteiger partial charge in [0.2, 0.25) is 0 Å². The molecule has 0 amide bonds. The summed E-state index contributed by atoms with van der Waals surface area (Å²) in [5.41, 5.74) is -3.91. The average Bonchev–Trinajstić information content (AvgIpc) is 2.02. The summed E-state index contributed by atoms with van der Waals surface area (Å²) in [4.78, 5) is 42.6. The van der Waals surface area contributed by atoms with Crippen molar-refractivity contribution in [2.45, 2.75) is 6.92 Å². The van der Waals surface area contributed by atoms with Crippen molar-refractivity contribution in [2.24, 2.45) is 0 Å². The molecule has 0 aliphatic carbocycles. The van der Waals surface area contributed by atoms with E-state index in [9.17, 15) is 18.7 Å². The van der Waals surface area contributed by atoms with E-state index in [0.29, 0.717) is 0 Å². The quantitative estimate of drug-likeness (QED) is 0.225. The first-order valence-corrected chi connectivity index (χ1v) is 6.64. The van der Waals surface area contributed by atoms with Crippen LogP contribution in [0.1, 0.15) is 14.1 Å². The summed E-state index contributed by atoms with van der Waals surface area (Å²) in [6.07, 6.45) is 0. The van der Waals surface area contributed by atoms with Crippen LogP contribution in [0.2, 0.25) is 0 Å². The molecule has 10 nitrogen and oxygen atoms in total. The first-order valence-electron chi connectivity index (χ1n) is 3.45. The van der Waals surface area contributed by atoms with Crippen LogP contribution >= 0.6 is 15.2 Å². The molecule has 0 spiro atoms. The van der Waals surface area contributed by atoms with Gasteiger partial charge in [0.1, 0.15) is 0 Å². The Kier molecular flexibility index (Phi) is 47.3. The van der Waals surface area contributed by atoms with Gasteiger partial charge >= 0.3 is 174 Å². The normalized spacial score (nSPS) is 10.9. The van der Waals surface area contributed by atoms with Crippen molar-refractivity contribution in [2.75, 3.05) is 6.61 Å². The molecule has 5 N–H and O–H groups in total. The third kappa shape index (κ3) is 29.3. The molecule has 0 rings (SSSR count). The van der Waals surface area contributed by atoms with Gasteiger partial charge in [-0.15, -0.1) is 0 Å². The smallest absolute Gasteiger partial charge is 1.00 e. The van der Waals surface area contributed by atoms with Crippen molar-refractivity contribution in [3.8, 4) is 0 Å². The Balaban J connectivity index is -0.0000000110. The number of carbonyl (C=O) groups is 2. The maximum atomic E-state index is 10.2. The Labute approximate surface area is 239 Å². The Bertz CT molecular complexity index is 376. The molecule has 21 heavy (non-hydrogen) atoms. The zero-order chi connectivity index (χ0) is 13.6. The molecular formula is C4H15Na5O10P2. The van der Waals surface area contributed by atoms with Gasteiger partial charge in [-0.1, -0.05) is 0 Å². The van der Waals surface area contributed by atoms with Crippen LogP contribution in [-0.4, -0.2) is 42.9 Å². The molecule has 1 atom stereocenters. The fourth-order valence-corrected chi connectivity index (χ4v) is 0.691. The molecule has 0 aromatic heterocycles. The van der Waals surface area contributed by atoms with Crippen LogP contribution in [0.25, 0.3) is 0 Å². The summed E-state index contributed by atoms with van der Waals surface area (Å²) < 4.78 is 23.7. The van der Waals surface area contributed by atoms with E-state index >= 15 is 0 Å². The molecule has 0 bridgehead atoms. The molecule has 1 unspecified atom stereocenters. The Hall–Kier alpha value is 4.24. The molecule has 0 radical (unpaired) electrons. The first-order chi connectivity index (χ1) is 6.95. The van der Waals surface area contributed by atoms with Gasteiger partial charge < -0.3 is 36.6 Å². The van der Waals surface area contributed by atoms with Gasteiger partial charge in [0, 0.05) is 0 Å². The van der Waals surface area contributed by atoms with E-state index < -0.39 is 26.6 Å². The van der Waals surface area contributed by atoms with E-state index in [1.54, 1.807) is 0 Å². The van der Waals surface area contributed by atoms with E-state index in [2.05, 4.69) is 4.52 Å². The summed E-state index contributed by atoms with van der Waals surface area (Å²) >= 11 is 0. The average molecular weight is 400 g/mol. The van der Waals surface area contributed by atoms with Gasteiger partial charge in [-0.2, -0.15) is 0 Å². The predicted octanol–water partition coefficient (Wildman–Crippen LogP) is -13.7. The van der Waals surface area contributed by atoms with E-state index in [1.807, 2.05) is 0 Å². The summed E-state index contributed by atoms with van der Waals surface area (Å²) in [6, 6.07) is 0. The van der Waals surface area contributed by atoms with Gasteiger partial charge in [0.05, 0.1) is 6.61 Å². The topological polar surface area (TPSA) is 179 Å². The molecule has 0 aliphatic heterocycles. The molecule has 0 heterocycles. The molecular weight excluding hydrogens is 385 g/mol. The van der Waals surface area contributed by atoms with Crippen LogP contribution in [0.15, 0.2) is 0 Å². The minimum Gasteiger partial charge on any atom is -1.00 e. The third-order valence-corrected chi connectivity index (χ3v) is 2.39. The van der Waals surface area contributed by atoms with Crippen LogP contribution in [0.4, 0.5) is 9.59 Å². The van der Waals surface area contributed by atoms with Crippen LogP contribution in [0, 0.1) is 0 Å². The zero-order valence-corrected chi connectivity index (χ0v) is 24.7. The molecule has 0 fully saturated rings. The van der Waals surface area contributed by atoms with Gasteiger partial charge in [0.25, 0.3) is 0 Å². The van der Waals surface area contributed by atoms with Crippen LogP contribution in [0.3, 0.4) is 0 Å². The van der Waals surface area contributed by atoms with Crippen LogP contribution in [-0.2, 0) is 13.7 Å². The molecule has 0 saturated carbocycles. The van der Waals surface area contributed by atoms with E-state index in [1.165, 1.54) is 6.92 Å². The largest absolute Gasteiger partial charge is 1.00 e. The second-order valence-corrected chi connectivity index (χ2v) is 5.20. The van der Waals surface area contributed by atoms with Gasteiger partial charge in [-0.3, -0.25) is 0 Å². The van der Waals surface area contributed by atoms with Crippen molar-refractivity contribution in [1.82, 2.24) is 0 Å². The third-order valence-electron chi connectivity index (χ3n) is 0.795. The maximum absolute atomic E-state index is 10.2. The van der Waals surface area contributed by atoms with E-state index in [4.69, 9.17) is 24.9 Å². The molecule has 0 aromatic rings. The van der Waals surface area contributed by atoms with Crippen LogP contribution < -0.4 is 148 Å². The number of hydrogen-bond donors (Lipinski definition) is 5. The van der Waals surface area contributed by atoms with Gasteiger partial charge in [0.15, 0.2) is 0 Å². The monoisotopic (exact) mass is 400 g/mol. The summed E-state index contributed by atoms with van der Waals surface area (Å²) in [6.45, 7) is 1.35. The van der Waals surface area contributed by atoms with Crippen LogP contribution in [0.5, 0.6) is 0 Å². The standard InChI is InChI=1S/C3H7O5P.CH3O5P.5Na.5H/c1-2-8-9(6,7)3(4)5;2-1(3)7(4,5)6;;;;;;;;;;/h2H2,1H3,(H,4,5)(H,6,7);(H,2,3)(H2,4,5,6);;;;;;;;;;/q;;5*+1;5*-1. The summed E-state index contributed by atoms with van der Waals surface area (Å²) in [5.74, 6) is 0. The number of carboxylic acid groups (broad SMARTS) is 2. The predicted molar refractivity (Wildman–Crippen MR) is 55.1 cm³/mol. The SMILES string of the molecule is CCOP(=O)(O)C(=O)O.O=C(O)P(=O)(O)O.[H-].[H-].[H-].[H-].[H-].[Na+].[Na+].[Na+].[Na+].[Na+]. The van der Waals surface area contributed by atoms with Crippen molar-refractivity contribution < 1.29 is 203 Å². The molecule has 106 valence electrons. The summed E-state index contributed by atoms with van der Waals surface area (Å²) in [5, 5.41) is 15.4. The minimum atomic E-state index is -4.82. The first kappa shape index (κ1) is 44.6. The van der Waals surface area contributed by atoms with Crippen molar-refractivity contribution in [3.63, 3.8) is 0 Å². The molecule has 0 saturated heterocycles. The fraction of sp³-hybridized carbons (Fsp3) is 0.500. The van der Waals surface area contributed by atoms with Crippen molar-refractivity contribution in [1.29, 1.82) is 0 Å². The second-order valence-electron chi connectivity index (χ2n) is 2.05. The van der Waals surface area contributed by atoms with Crippen molar-refractivity contribution in [3.05, 3.63) is 0 Å². The zero-order valence-electron chi connectivity index (χ0n) is 17.9. The van der Waals surface area contributed by atoms with Gasteiger partial charge in [-0.05, 0) is 6.92 Å². The molecule has 0 aromatic carbocycles. The second kappa shape index (κ2) is 22.3. The maximum Gasteiger partial charge on any atom is 1.00 e. The van der Waals surface area contributed by atoms with E-state index in [0.717, 1.165) is 0 Å². The van der Waals surface area contributed by atoms with Gasteiger partial charge in [-0.25, -0.2) is 18.7 Å². The molecule has 0 aliphatic rings. The molecule has 17 heteroatoms. The fourth-order valence-electron chi connectivity index (χ4n) is 0.230. The summed E-state index contributed by atoms with van der Waals surface area (Å²) in [7, 11) is -9.17. The Morgan fingerprint density at radius 3 is 1.19 bits per heavy atom. The Morgan fingerprint density at radius 2 is 1.14 bits per heavy atom. The van der Waals surface area contributed by atoms with Crippen molar-refractivity contribution >= 4 is 26.6 Å². The van der Waals surface area contributed by atoms with E-state index in [-0.39, 0.29) is 162 Å². The Morgan fingerprint density at radius 1 is 0.905 bits per heavy atom. The number of rotatable bonds is 4.